The first-order chi connectivity index (χ1) is 9.56. The van der Waals surface area contributed by atoms with E-state index in [2.05, 4.69) is 19.3 Å². The number of anilines is 1. The number of carbonyl (C=O) groups excluding carboxylic acids is 1. The molecule has 1 aliphatic rings. The molecule has 3 N–H and O–H groups in total. The van der Waals surface area contributed by atoms with Gasteiger partial charge in [-0.15, -0.1) is 0 Å². The van der Waals surface area contributed by atoms with Crippen molar-refractivity contribution in [2.75, 3.05) is 18.5 Å². The minimum atomic E-state index is -0.505. The van der Waals surface area contributed by atoms with Crippen LogP contribution in [0.2, 0.25) is 0 Å². The molecule has 20 heavy (non-hydrogen) atoms. The summed E-state index contributed by atoms with van der Waals surface area (Å²) in [5.74, 6) is 4.68. The Morgan fingerprint density at radius 2 is 2.15 bits per heavy atom. The number of likely N-dealkylation sites (tertiary alicyclic amines) is 1. The minimum Gasteiger partial charge on any atom is -0.338 e. The van der Waals surface area contributed by atoms with Gasteiger partial charge in [-0.1, -0.05) is 19.9 Å². The standard InChI is InChI=1S/C15H22FN3O/c1-3-15(4-2)8-9-19(10-15)14(20)11-6-5-7-12(16)13(11)18-17/h5-7,18H,3-4,8-10,17H2,1-2H3. The summed E-state index contributed by atoms with van der Waals surface area (Å²) in [6.45, 7) is 5.78. The molecule has 1 aromatic rings. The lowest BCUT2D eigenvalue weighted by molar-refractivity contribution is 0.0770. The van der Waals surface area contributed by atoms with Gasteiger partial charge in [0.25, 0.3) is 5.91 Å². The van der Waals surface area contributed by atoms with Crippen molar-refractivity contribution in [3.05, 3.63) is 29.6 Å². The number of hydrazine groups is 1. The number of hydrogen-bond acceptors (Lipinski definition) is 3. The molecule has 0 aromatic heterocycles. The van der Waals surface area contributed by atoms with Crippen molar-refractivity contribution < 1.29 is 9.18 Å². The Balaban J connectivity index is 2.24. The van der Waals surface area contributed by atoms with Crippen LogP contribution in [0.1, 0.15) is 43.5 Å². The van der Waals surface area contributed by atoms with Crippen LogP contribution in [0.15, 0.2) is 18.2 Å². The molecule has 110 valence electrons. The van der Waals surface area contributed by atoms with E-state index in [0.29, 0.717) is 5.56 Å². The number of rotatable bonds is 4. The predicted molar refractivity (Wildman–Crippen MR) is 77.7 cm³/mol. The summed E-state index contributed by atoms with van der Waals surface area (Å²) in [4.78, 5) is 14.4. The molecule has 0 atom stereocenters. The lowest BCUT2D eigenvalue weighted by atomic mass is 9.82. The predicted octanol–water partition coefficient (Wildman–Crippen LogP) is 2.76. The number of amides is 1. The van der Waals surface area contributed by atoms with E-state index >= 15 is 0 Å². The van der Waals surface area contributed by atoms with Gasteiger partial charge in [-0.25, -0.2) is 4.39 Å². The third-order valence-corrected chi connectivity index (χ3v) is 4.61. The summed E-state index contributed by atoms with van der Waals surface area (Å²) < 4.78 is 13.7. The summed E-state index contributed by atoms with van der Waals surface area (Å²) in [6, 6.07) is 4.43. The smallest absolute Gasteiger partial charge is 0.256 e. The summed E-state index contributed by atoms with van der Waals surface area (Å²) in [7, 11) is 0. The van der Waals surface area contributed by atoms with Crippen LogP contribution < -0.4 is 11.3 Å². The van der Waals surface area contributed by atoms with Gasteiger partial charge in [0.15, 0.2) is 0 Å². The highest BCUT2D eigenvalue weighted by Crippen LogP contribution is 2.38. The number of nitrogens with one attached hydrogen (secondary N) is 1. The van der Waals surface area contributed by atoms with E-state index in [1.54, 1.807) is 6.07 Å². The zero-order valence-corrected chi connectivity index (χ0v) is 12.1. The number of nitrogens with zero attached hydrogens (tertiary/aromatic N) is 1. The van der Waals surface area contributed by atoms with Crippen molar-refractivity contribution in [1.82, 2.24) is 4.90 Å². The molecule has 0 bridgehead atoms. The first-order valence-electron chi connectivity index (χ1n) is 7.11. The molecule has 5 heteroatoms. The van der Waals surface area contributed by atoms with Crippen LogP contribution in [0.25, 0.3) is 0 Å². The van der Waals surface area contributed by atoms with E-state index in [9.17, 15) is 9.18 Å². The van der Waals surface area contributed by atoms with Gasteiger partial charge in [0, 0.05) is 13.1 Å². The van der Waals surface area contributed by atoms with E-state index < -0.39 is 5.82 Å². The van der Waals surface area contributed by atoms with Crippen molar-refractivity contribution >= 4 is 11.6 Å². The van der Waals surface area contributed by atoms with Gasteiger partial charge < -0.3 is 10.3 Å². The average Bonchev–Trinajstić information content (AvgIpc) is 2.91. The van der Waals surface area contributed by atoms with E-state index in [-0.39, 0.29) is 17.0 Å². The monoisotopic (exact) mass is 279 g/mol. The second-order valence-corrected chi connectivity index (χ2v) is 5.49. The van der Waals surface area contributed by atoms with Crippen molar-refractivity contribution in [3.63, 3.8) is 0 Å². The van der Waals surface area contributed by atoms with Crippen LogP contribution >= 0.6 is 0 Å². The molecule has 0 unspecified atom stereocenters. The maximum atomic E-state index is 13.7. The zero-order valence-electron chi connectivity index (χ0n) is 12.1. The Hall–Kier alpha value is -1.62. The van der Waals surface area contributed by atoms with Crippen LogP contribution in [0.4, 0.5) is 10.1 Å². The molecule has 1 fully saturated rings. The van der Waals surface area contributed by atoms with E-state index in [1.165, 1.54) is 12.1 Å². The molecule has 0 aliphatic carbocycles. The van der Waals surface area contributed by atoms with Gasteiger partial charge in [-0.05, 0) is 36.8 Å². The first-order valence-corrected chi connectivity index (χ1v) is 7.11. The molecule has 2 rings (SSSR count). The van der Waals surface area contributed by atoms with Gasteiger partial charge >= 0.3 is 0 Å². The number of para-hydroxylation sites is 1. The third kappa shape index (κ3) is 2.50. The Bertz CT molecular complexity index is 500. The molecular formula is C15H22FN3O. The number of nitrogen functional groups attached to an aromatic ring is 1. The first kappa shape index (κ1) is 14.8. The van der Waals surface area contributed by atoms with Gasteiger partial charge in [0.2, 0.25) is 0 Å². The Kier molecular flexibility index (Phi) is 4.28. The molecule has 1 aliphatic heterocycles. The van der Waals surface area contributed by atoms with Gasteiger partial charge in [-0.2, -0.15) is 0 Å². The fraction of sp³-hybridized carbons (Fsp3) is 0.533. The molecular weight excluding hydrogens is 257 g/mol. The quantitative estimate of drug-likeness (QED) is 0.658. The summed E-state index contributed by atoms with van der Waals surface area (Å²) in [6.07, 6.45) is 3.11. The van der Waals surface area contributed by atoms with Crippen molar-refractivity contribution in [2.24, 2.45) is 11.3 Å². The van der Waals surface area contributed by atoms with Gasteiger partial charge in [-0.3, -0.25) is 10.6 Å². The average molecular weight is 279 g/mol. The number of nitrogens with two attached hydrogens (primary N) is 1. The number of halogens is 1. The van der Waals surface area contributed by atoms with Gasteiger partial charge in [0.1, 0.15) is 5.82 Å². The van der Waals surface area contributed by atoms with Crippen LogP contribution in [-0.2, 0) is 0 Å². The van der Waals surface area contributed by atoms with E-state index in [4.69, 9.17) is 5.84 Å². The van der Waals surface area contributed by atoms with Crippen molar-refractivity contribution in [2.45, 2.75) is 33.1 Å². The second-order valence-electron chi connectivity index (χ2n) is 5.49. The molecule has 0 radical (unpaired) electrons. The number of carbonyl (C=O) groups is 1. The highest BCUT2D eigenvalue weighted by Gasteiger charge is 2.37. The molecule has 4 nitrogen and oxygen atoms in total. The normalized spacial score (nSPS) is 17.3. The van der Waals surface area contributed by atoms with Crippen LogP contribution in [0, 0.1) is 11.2 Å². The number of hydrogen-bond donors (Lipinski definition) is 2. The SMILES string of the molecule is CCC1(CC)CCN(C(=O)c2cccc(F)c2NN)C1. The summed E-state index contributed by atoms with van der Waals surface area (Å²) in [5.41, 5.74) is 2.88. The largest absolute Gasteiger partial charge is 0.338 e. The summed E-state index contributed by atoms with van der Waals surface area (Å²) in [5, 5.41) is 0. The van der Waals surface area contributed by atoms with Crippen LogP contribution in [0.5, 0.6) is 0 Å². The maximum Gasteiger partial charge on any atom is 0.256 e. The molecule has 1 aromatic carbocycles. The zero-order chi connectivity index (χ0) is 14.8. The Morgan fingerprint density at radius 3 is 2.70 bits per heavy atom. The lowest BCUT2D eigenvalue weighted by Gasteiger charge is -2.26. The molecule has 0 saturated carbocycles. The Morgan fingerprint density at radius 1 is 1.45 bits per heavy atom. The van der Waals surface area contributed by atoms with Crippen molar-refractivity contribution in [1.29, 1.82) is 0 Å². The Labute approximate surface area is 119 Å². The topological polar surface area (TPSA) is 58.4 Å². The summed E-state index contributed by atoms with van der Waals surface area (Å²) >= 11 is 0. The van der Waals surface area contributed by atoms with E-state index in [1.807, 2.05) is 4.90 Å². The maximum absolute atomic E-state index is 13.7. The lowest BCUT2D eigenvalue weighted by Crippen LogP contribution is -2.32. The third-order valence-electron chi connectivity index (χ3n) is 4.61. The fourth-order valence-corrected chi connectivity index (χ4v) is 2.96. The minimum absolute atomic E-state index is 0.0722. The van der Waals surface area contributed by atoms with Crippen LogP contribution in [-0.4, -0.2) is 23.9 Å². The number of benzene rings is 1. The van der Waals surface area contributed by atoms with E-state index in [0.717, 1.165) is 32.4 Å². The molecule has 1 amide bonds. The van der Waals surface area contributed by atoms with Crippen LogP contribution in [0.3, 0.4) is 0 Å². The van der Waals surface area contributed by atoms with Crippen molar-refractivity contribution in [3.8, 4) is 0 Å². The molecule has 1 saturated heterocycles. The van der Waals surface area contributed by atoms with Gasteiger partial charge in [0.05, 0.1) is 11.3 Å². The highest BCUT2D eigenvalue weighted by atomic mass is 19.1. The highest BCUT2D eigenvalue weighted by molar-refractivity contribution is 5.99. The fourth-order valence-electron chi connectivity index (χ4n) is 2.96. The molecule has 0 spiro atoms. The second kappa shape index (κ2) is 5.79. The molecule has 1 heterocycles.